The first-order valence-electron chi connectivity index (χ1n) is 21.7. The third kappa shape index (κ3) is 6.10. The Hall–Kier alpha value is -8.20. The fourth-order valence-corrected chi connectivity index (χ4v) is 9.99. The number of nitrogens with zero attached hydrogens (tertiary/aromatic N) is 1. The van der Waals surface area contributed by atoms with Crippen molar-refractivity contribution in [1.29, 1.82) is 0 Å². The van der Waals surface area contributed by atoms with E-state index in [-0.39, 0.29) is 0 Å². The zero-order chi connectivity index (χ0) is 41.7. The number of fused-ring (bicyclic) bond motifs is 6. The molecule has 0 atom stereocenters. The molecule has 10 aromatic carbocycles. The van der Waals surface area contributed by atoms with Crippen LogP contribution in [0.2, 0.25) is 0 Å². The molecule has 296 valence electrons. The van der Waals surface area contributed by atoms with Crippen LogP contribution in [-0.2, 0) is 5.41 Å². The van der Waals surface area contributed by atoms with Gasteiger partial charge >= 0.3 is 0 Å². The lowest BCUT2D eigenvalue weighted by Crippen LogP contribution is -2.28. The van der Waals surface area contributed by atoms with Crippen LogP contribution in [0.4, 0.5) is 17.1 Å². The van der Waals surface area contributed by atoms with Crippen LogP contribution in [0, 0.1) is 0 Å². The Bertz CT molecular complexity index is 3380. The highest BCUT2D eigenvalue weighted by Gasteiger charge is 2.49. The molecule has 0 amide bonds. The van der Waals surface area contributed by atoms with E-state index in [1.54, 1.807) is 0 Å². The van der Waals surface area contributed by atoms with Gasteiger partial charge in [-0.2, -0.15) is 0 Å². The Morgan fingerprint density at radius 1 is 0.333 bits per heavy atom. The maximum atomic E-state index is 6.78. The van der Waals surface area contributed by atoms with E-state index in [4.69, 9.17) is 4.42 Å². The standard InChI is InChI=1S/C61H41NO/c1-4-15-42(16-5-1)44-27-33-52(34-28-44)62(54-37-31-43-17-10-11-18-48(43)40-54)53-35-29-45(30-36-53)46-19-14-20-47(39-46)49-32-38-55-57(41-49)61(50-21-6-2-7-22-50,51-23-8-3-9-24-51)59-56-25-12-13-26-58(56)63-60(55)59/h1-41H. The molecule has 11 aromatic rings. The summed E-state index contributed by atoms with van der Waals surface area (Å²) in [5.74, 6) is 0.948. The summed E-state index contributed by atoms with van der Waals surface area (Å²) in [6.45, 7) is 0. The number of anilines is 3. The van der Waals surface area contributed by atoms with Crippen LogP contribution >= 0.6 is 0 Å². The molecule has 2 nitrogen and oxygen atoms in total. The summed E-state index contributed by atoms with van der Waals surface area (Å²) in [6.07, 6.45) is 0. The van der Waals surface area contributed by atoms with Crippen molar-refractivity contribution in [2.75, 3.05) is 4.90 Å². The lowest BCUT2D eigenvalue weighted by atomic mass is 9.67. The zero-order valence-corrected chi connectivity index (χ0v) is 34.5. The van der Waals surface area contributed by atoms with Crippen molar-refractivity contribution in [3.63, 3.8) is 0 Å². The van der Waals surface area contributed by atoms with E-state index in [9.17, 15) is 0 Å². The van der Waals surface area contributed by atoms with Crippen molar-refractivity contribution in [2.24, 2.45) is 0 Å². The maximum Gasteiger partial charge on any atom is 0.140 e. The summed E-state index contributed by atoms with van der Waals surface area (Å²) in [6, 6.07) is 90.0. The third-order valence-electron chi connectivity index (χ3n) is 12.9. The molecule has 1 heterocycles. The summed E-state index contributed by atoms with van der Waals surface area (Å²) >= 11 is 0. The molecule has 63 heavy (non-hydrogen) atoms. The van der Waals surface area contributed by atoms with Crippen molar-refractivity contribution in [3.05, 3.63) is 271 Å². The van der Waals surface area contributed by atoms with E-state index in [0.717, 1.165) is 44.9 Å². The summed E-state index contributed by atoms with van der Waals surface area (Å²) in [7, 11) is 0. The molecule has 1 aliphatic rings. The van der Waals surface area contributed by atoms with Gasteiger partial charge in [0, 0.05) is 33.6 Å². The van der Waals surface area contributed by atoms with Gasteiger partial charge in [0.05, 0.1) is 5.41 Å². The fraction of sp³-hybridized carbons (Fsp3) is 0.0164. The lowest BCUT2D eigenvalue weighted by Gasteiger charge is -2.33. The molecule has 1 aliphatic carbocycles. The Labute approximate surface area is 367 Å². The first kappa shape index (κ1) is 36.6. The smallest absolute Gasteiger partial charge is 0.140 e. The van der Waals surface area contributed by atoms with E-state index in [1.807, 2.05) is 0 Å². The van der Waals surface area contributed by atoms with Gasteiger partial charge in [-0.05, 0) is 115 Å². The number of rotatable bonds is 8. The molecule has 1 aromatic heterocycles. The second-order valence-electron chi connectivity index (χ2n) is 16.5. The van der Waals surface area contributed by atoms with Crippen molar-refractivity contribution in [1.82, 2.24) is 0 Å². The molecule has 2 heteroatoms. The molecule has 0 N–H and O–H groups in total. The Balaban J connectivity index is 0.942. The second kappa shape index (κ2) is 15.1. The molecule has 0 unspecified atom stereocenters. The van der Waals surface area contributed by atoms with Crippen LogP contribution in [-0.4, -0.2) is 0 Å². The Kier molecular flexibility index (Phi) is 8.76. The molecular formula is C61H41NO. The Morgan fingerprint density at radius 3 is 1.51 bits per heavy atom. The number of furan rings is 1. The summed E-state index contributed by atoms with van der Waals surface area (Å²) < 4.78 is 6.78. The van der Waals surface area contributed by atoms with Crippen LogP contribution in [0.15, 0.2) is 253 Å². The topological polar surface area (TPSA) is 16.4 Å². The average Bonchev–Trinajstić information content (AvgIpc) is 3.88. The van der Waals surface area contributed by atoms with E-state index < -0.39 is 5.41 Å². The quantitative estimate of drug-likeness (QED) is 0.152. The zero-order valence-electron chi connectivity index (χ0n) is 34.5. The van der Waals surface area contributed by atoms with E-state index in [1.165, 1.54) is 60.8 Å². The minimum absolute atomic E-state index is 0.567. The molecule has 0 aliphatic heterocycles. The number of hydrogen-bond donors (Lipinski definition) is 0. The minimum atomic E-state index is -0.567. The van der Waals surface area contributed by atoms with Gasteiger partial charge in [0.2, 0.25) is 0 Å². The average molecular weight is 804 g/mol. The molecule has 0 saturated carbocycles. The van der Waals surface area contributed by atoms with E-state index >= 15 is 0 Å². The second-order valence-corrected chi connectivity index (χ2v) is 16.5. The third-order valence-corrected chi connectivity index (χ3v) is 12.9. The van der Waals surface area contributed by atoms with Gasteiger partial charge in [-0.1, -0.05) is 194 Å². The number of hydrogen-bond acceptors (Lipinski definition) is 2. The van der Waals surface area contributed by atoms with Gasteiger partial charge in [0.1, 0.15) is 11.3 Å². The molecule has 0 radical (unpaired) electrons. The predicted molar refractivity (Wildman–Crippen MR) is 262 cm³/mol. The number of benzene rings is 10. The number of para-hydroxylation sites is 1. The molecular weight excluding hydrogens is 763 g/mol. The van der Waals surface area contributed by atoms with Crippen molar-refractivity contribution < 1.29 is 4.42 Å². The minimum Gasteiger partial charge on any atom is -0.456 e. The summed E-state index contributed by atoms with van der Waals surface area (Å²) in [5, 5.41) is 3.58. The summed E-state index contributed by atoms with van der Waals surface area (Å²) in [5.41, 5.74) is 16.7. The van der Waals surface area contributed by atoms with Gasteiger partial charge in [-0.25, -0.2) is 0 Å². The predicted octanol–water partition coefficient (Wildman–Crippen LogP) is 16.4. The van der Waals surface area contributed by atoms with Gasteiger partial charge in [0.15, 0.2) is 0 Å². The van der Waals surface area contributed by atoms with E-state index in [0.29, 0.717) is 0 Å². The van der Waals surface area contributed by atoms with Crippen molar-refractivity contribution >= 4 is 38.8 Å². The van der Waals surface area contributed by atoms with Crippen LogP contribution < -0.4 is 4.90 Å². The van der Waals surface area contributed by atoms with Crippen molar-refractivity contribution in [2.45, 2.75) is 5.41 Å². The first-order chi connectivity index (χ1) is 31.2. The van der Waals surface area contributed by atoms with Crippen LogP contribution in [0.25, 0.3) is 66.4 Å². The largest absolute Gasteiger partial charge is 0.456 e. The monoisotopic (exact) mass is 803 g/mol. The van der Waals surface area contributed by atoms with E-state index in [2.05, 4.69) is 254 Å². The normalized spacial score (nSPS) is 12.6. The molecule has 0 saturated heterocycles. The van der Waals surface area contributed by atoms with Crippen molar-refractivity contribution in [3.8, 4) is 44.7 Å². The van der Waals surface area contributed by atoms with Gasteiger partial charge < -0.3 is 9.32 Å². The Morgan fingerprint density at radius 2 is 0.825 bits per heavy atom. The lowest BCUT2D eigenvalue weighted by molar-refractivity contribution is 0.628. The van der Waals surface area contributed by atoms with Crippen LogP contribution in [0.3, 0.4) is 0 Å². The highest BCUT2D eigenvalue weighted by atomic mass is 16.3. The fourth-order valence-electron chi connectivity index (χ4n) is 9.99. The summed E-state index contributed by atoms with van der Waals surface area (Å²) in [4.78, 5) is 2.35. The molecule has 0 fully saturated rings. The molecule has 0 bridgehead atoms. The van der Waals surface area contributed by atoms with Gasteiger partial charge in [-0.3, -0.25) is 0 Å². The first-order valence-corrected chi connectivity index (χ1v) is 21.7. The van der Waals surface area contributed by atoms with Crippen LogP contribution in [0.1, 0.15) is 22.3 Å². The van der Waals surface area contributed by atoms with Gasteiger partial charge in [-0.15, -0.1) is 0 Å². The van der Waals surface area contributed by atoms with Crippen LogP contribution in [0.5, 0.6) is 0 Å². The highest BCUT2D eigenvalue weighted by molar-refractivity contribution is 5.98. The SMILES string of the molecule is c1ccc(-c2ccc(N(c3ccc(-c4cccc(-c5ccc6c(c5)C(c5ccccc5)(c5ccccc5)c5c-6oc6ccccc56)c4)cc3)c3ccc4ccccc4c3)cc2)cc1. The maximum absolute atomic E-state index is 6.78. The van der Waals surface area contributed by atoms with Gasteiger partial charge in [0.25, 0.3) is 0 Å². The highest BCUT2D eigenvalue weighted by Crippen LogP contribution is 2.59. The molecule has 12 rings (SSSR count). The molecule has 0 spiro atoms.